The predicted molar refractivity (Wildman–Crippen MR) is 50.7 cm³/mol. The molecule has 1 N–H and O–H groups in total. The summed E-state index contributed by atoms with van der Waals surface area (Å²) in [4.78, 5) is 11.4. The first-order chi connectivity index (χ1) is 6.01. The monoisotopic (exact) mass is 179 g/mol. The maximum atomic E-state index is 11.4. The van der Waals surface area contributed by atoms with Gasteiger partial charge < -0.3 is 10.1 Å². The molecule has 13 heavy (non-hydrogen) atoms. The molecule has 0 radical (unpaired) electrons. The fourth-order valence-electron chi connectivity index (χ4n) is 1.01. The highest BCUT2D eigenvalue weighted by Gasteiger charge is 2.34. The van der Waals surface area contributed by atoms with E-state index in [0.29, 0.717) is 11.5 Å². The van der Waals surface area contributed by atoms with Gasteiger partial charge in [-0.3, -0.25) is 4.79 Å². The first-order valence-electron chi connectivity index (χ1n) is 4.01. The van der Waals surface area contributed by atoms with Crippen molar-refractivity contribution in [3.63, 3.8) is 0 Å². The lowest BCUT2D eigenvalue weighted by molar-refractivity contribution is -0.139. The zero-order chi connectivity index (χ0) is 10.1. The minimum atomic E-state index is -0.837. The van der Waals surface area contributed by atoms with E-state index in [2.05, 4.69) is 18.5 Å². The standard InChI is InChI=1S/C10H13NO2/c1-5-7-8(6-2)13-10(3,4)9(12)11-7/h5-6H,1-2H2,3-4H3,(H,11,12). The van der Waals surface area contributed by atoms with Crippen LogP contribution in [-0.4, -0.2) is 11.5 Å². The Balaban J connectivity index is 3.08. The molecular weight excluding hydrogens is 166 g/mol. The van der Waals surface area contributed by atoms with E-state index < -0.39 is 5.60 Å². The van der Waals surface area contributed by atoms with Crippen molar-refractivity contribution < 1.29 is 9.53 Å². The molecule has 70 valence electrons. The van der Waals surface area contributed by atoms with Crippen molar-refractivity contribution in [1.82, 2.24) is 5.32 Å². The second kappa shape index (κ2) is 3.09. The number of carbonyl (C=O) groups excluding carboxylic acids is 1. The molecule has 0 aromatic heterocycles. The zero-order valence-electron chi connectivity index (χ0n) is 7.89. The number of allylic oxidation sites excluding steroid dienone is 2. The van der Waals surface area contributed by atoms with Crippen molar-refractivity contribution >= 4 is 5.91 Å². The largest absolute Gasteiger partial charge is 0.476 e. The van der Waals surface area contributed by atoms with Crippen molar-refractivity contribution in [2.75, 3.05) is 0 Å². The number of carbonyl (C=O) groups is 1. The molecule has 0 saturated carbocycles. The SMILES string of the molecule is C=CC1=C(C=C)OC(C)(C)C(=O)N1. The van der Waals surface area contributed by atoms with Gasteiger partial charge in [0.2, 0.25) is 0 Å². The topological polar surface area (TPSA) is 38.3 Å². The van der Waals surface area contributed by atoms with Crippen molar-refractivity contribution in [1.29, 1.82) is 0 Å². The minimum Gasteiger partial charge on any atom is -0.476 e. The molecular formula is C10H13NO2. The fraction of sp³-hybridized carbons (Fsp3) is 0.300. The first-order valence-corrected chi connectivity index (χ1v) is 4.01. The Labute approximate surface area is 77.8 Å². The molecule has 0 bridgehead atoms. The van der Waals surface area contributed by atoms with Gasteiger partial charge >= 0.3 is 0 Å². The zero-order valence-corrected chi connectivity index (χ0v) is 7.89. The average Bonchev–Trinajstić information content (AvgIpc) is 2.08. The summed E-state index contributed by atoms with van der Waals surface area (Å²) in [6, 6.07) is 0. The van der Waals surface area contributed by atoms with Crippen LogP contribution < -0.4 is 5.32 Å². The first kappa shape index (κ1) is 9.58. The Bertz CT molecular complexity index is 300. The Morgan fingerprint density at radius 3 is 2.46 bits per heavy atom. The molecule has 1 heterocycles. The highest BCUT2D eigenvalue weighted by Crippen LogP contribution is 2.23. The van der Waals surface area contributed by atoms with Crippen molar-refractivity contribution in [3.05, 3.63) is 36.8 Å². The number of ether oxygens (including phenoxy) is 1. The lowest BCUT2D eigenvalue weighted by atomic mass is 10.1. The van der Waals surface area contributed by atoms with E-state index in [1.165, 1.54) is 6.08 Å². The smallest absolute Gasteiger partial charge is 0.268 e. The summed E-state index contributed by atoms with van der Waals surface area (Å²) in [6.07, 6.45) is 3.09. The second-order valence-corrected chi connectivity index (χ2v) is 3.25. The van der Waals surface area contributed by atoms with Gasteiger partial charge in [0.05, 0.1) is 5.70 Å². The van der Waals surface area contributed by atoms with Gasteiger partial charge in [-0.05, 0) is 26.0 Å². The van der Waals surface area contributed by atoms with Crippen molar-refractivity contribution in [3.8, 4) is 0 Å². The van der Waals surface area contributed by atoms with Gasteiger partial charge in [0, 0.05) is 0 Å². The third kappa shape index (κ3) is 1.64. The normalized spacial score (nSPS) is 20.3. The predicted octanol–water partition coefficient (Wildman–Crippen LogP) is 1.49. The number of hydrogen-bond acceptors (Lipinski definition) is 2. The van der Waals surface area contributed by atoms with E-state index in [4.69, 9.17) is 4.74 Å². The van der Waals surface area contributed by atoms with Gasteiger partial charge in [0.1, 0.15) is 5.76 Å². The summed E-state index contributed by atoms with van der Waals surface area (Å²) in [5, 5.41) is 2.68. The lowest BCUT2D eigenvalue weighted by Gasteiger charge is -2.31. The summed E-state index contributed by atoms with van der Waals surface area (Å²) in [6.45, 7) is 10.6. The van der Waals surface area contributed by atoms with E-state index in [9.17, 15) is 4.79 Å². The fourth-order valence-corrected chi connectivity index (χ4v) is 1.01. The number of rotatable bonds is 2. The number of hydrogen-bond donors (Lipinski definition) is 1. The van der Waals surface area contributed by atoms with Crippen LogP contribution in [0.25, 0.3) is 0 Å². The summed E-state index contributed by atoms with van der Waals surface area (Å²) in [7, 11) is 0. The summed E-state index contributed by atoms with van der Waals surface area (Å²) in [5.41, 5.74) is -0.268. The molecule has 3 nitrogen and oxygen atoms in total. The molecule has 0 aliphatic carbocycles. The maximum Gasteiger partial charge on any atom is 0.268 e. The Kier molecular flexibility index (Phi) is 2.28. The van der Waals surface area contributed by atoms with Crippen LogP contribution in [0.5, 0.6) is 0 Å². The van der Waals surface area contributed by atoms with Gasteiger partial charge in [-0.1, -0.05) is 13.2 Å². The second-order valence-electron chi connectivity index (χ2n) is 3.25. The minimum absolute atomic E-state index is 0.173. The number of amides is 1. The van der Waals surface area contributed by atoms with Crippen molar-refractivity contribution in [2.45, 2.75) is 19.4 Å². The molecule has 0 aromatic carbocycles. The van der Waals surface area contributed by atoms with Crippen LogP contribution in [0.3, 0.4) is 0 Å². The van der Waals surface area contributed by atoms with Crippen LogP contribution in [0.2, 0.25) is 0 Å². The van der Waals surface area contributed by atoms with E-state index >= 15 is 0 Å². The van der Waals surface area contributed by atoms with Gasteiger partial charge in [-0.15, -0.1) is 0 Å². The van der Waals surface area contributed by atoms with Gasteiger partial charge in [0.25, 0.3) is 5.91 Å². The molecule has 1 amide bonds. The van der Waals surface area contributed by atoms with Crippen LogP contribution >= 0.6 is 0 Å². The van der Waals surface area contributed by atoms with Gasteiger partial charge in [-0.2, -0.15) is 0 Å². The summed E-state index contributed by atoms with van der Waals surface area (Å²) in [5.74, 6) is 0.382. The van der Waals surface area contributed by atoms with E-state index in [0.717, 1.165) is 0 Å². The van der Waals surface area contributed by atoms with Gasteiger partial charge in [-0.25, -0.2) is 0 Å². The molecule has 0 aromatic rings. The Morgan fingerprint density at radius 2 is 2.00 bits per heavy atom. The Hall–Kier alpha value is -1.51. The van der Waals surface area contributed by atoms with Crippen molar-refractivity contribution in [2.24, 2.45) is 0 Å². The molecule has 1 rings (SSSR count). The third-order valence-corrected chi connectivity index (χ3v) is 1.82. The highest BCUT2D eigenvalue weighted by molar-refractivity contribution is 5.87. The molecule has 1 aliphatic rings. The van der Waals surface area contributed by atoms with Crippen LogP contribution in [0.1, 0.15) is 13.8 Å². The molecule has 0 unspecified atom stereocenters. The van der Waals surface area contributed by atoms with Gasteiger partial charge in [0.15, 0.2) is 5.60 Å². The average molecular weight is 179 g/mol. The van der Waals surface area contributed by atoms with Crippen LogP contribution in [0.4, 0.5) is 0 Å². The molecule has 3 heteroatoms. The number of nitrogens with one attached hydrogen (secondary N) is 1. The van der Waals surface area contributed by atoms with E-state index in [1.54, 1.807) is 19.9 Å². The van der Waals surface area contributed by atoms with E-state index in [-0.39, 0.29) is 5.91 Å². The summed E-state index contributed by atoms with van der Waals surface area (Å²) >= 11 is 0. The molecule has 0 atom stereocenters. The Morgan fingerprint density at radius 1 is 1.38 bits per heavy atom. The van der Waals surface area contributed by atoms with Crippen LogP contribution in [0.15, 0.2) is 36.8 Å². The molecule has 0 fully saturated rings. The quantitative estimate of drug-likeness (QED) is 0.697. The molecule has 1 aliphatic heterocycles. The summed E-state index contributed by atoms with van der Waals surface area (Å²) < 4.78 is 5.42. The van der Waals surface area contributed by atoms with Crippen LogP contribution in [0, 0.1) is 0 Å². The molecule has 0 spiro atoms. The maximum absolute atomic E-state index is 11.4. The van der Waals surface area contributed by atoms with E-state index in [1.807, 2.05) is 0 Å². The highest BCUT2D eigenvalue weighted by atomic mass is 16.5. The molecule has 0 saturated heterocycles. The van der Waals surface area contributed by atoms with Crippen LogP contribution in [-0.2, 0) is 9.53 Å². The lowest BCUT2D eigenvalue weighted by Crippen LogP contribution is -2.47. The third-order valence-electron chi connectivity index (χ3n) is 1.82.